The van der Waals surface area contributed by atoms with Crippen LogP contribution in [0.5, 0.6) is 0 Å². The number of nitrogens with zero attached hydrogens (tertiary/aromatic N) is 7. The minimum absolute atomic E-state index is 0.193. The van der Waals surface area contributed by atoms with Crippen LogP contribution < -0.4 is 15.5 Å². The van der Waals surface area contributed by atoms with E-state index in [1.165, 1.54) is 5.69 Å². The van der Waals surface area contributed by atoms with Crippen molar-refractivity contribution in [3.8, 4) is 0 Å². The van der Waals surface area contributed by atoms with Gasteiger partial charge in [0.1, 0.15) is 5.52 Å². The van der Waals surface area contributed by atoms with E-state index in [1.54, 1.807) is 18.3 Å². The van der Waals surface area contributed by atoms with Gasteiger partial charge in [0.15, 0.2) is 5.65 Å². The van der Waals surface area contributed by atoms with Crippen LogP contribution in [0.2, 0.25) is 0 Å². The van der Waals surface area contributed by atoms with Crippen LogP contribution in [-0.2, 0) is 0 Å². The normalized spacial score (nSPS) is 20.6. The van der Waals surface area contributed by atoms with Crippen LogP contribution in [0.3, 0.4) is 0 Å². The molecule has 2 fully saturated rings. The molecule has 11 nitrogen and oxygen atoms in total. The summed E-state index contributed by atoms with van der Waals surface area (Å²) in [6.07, 6.45) is 11.7. The summed E-state index contributed by atoms with van der Waals surface area (Å²) in [6.45, 7) is 4.21. The lowest BCUT2D eigenvalue weighted by molar-refractivity contribution is -0.428. The van der Waals surface area contributed by atoms with Gasteiger partial charge in [0.05, 0.1) is 23.6 Å². The number of hydrogen-bond donors (Lipinski definition) is 2. The Kier molecular flexibility index (Phi) is 6.67. The predicted molar refractivity (Wildman–Crippen MR) is 149 cm³/mol. The number of imidazole rings is 1. The fraction of sp³-hybridized carbons (Fsp3) is 0.444. The summed E-state index contributed by atoms with van der Waals surface area (Å²) in [5, 5.41) is 18.1. The molecule has 3 aliphatic rings. The molecule has 2 aliphatic carbocycles. The van der Waals surface area contributed by atoms with Gasteiger partial charge in [-0.25, -0.2) is 9.97 Å². The van der Waals surface area contributed by atoms with Crippen molar-refractivity contribution in [2.45, 2.75) is 44.2 Å². The zero-order valence-electron chi connectivity index (χ0n) is 21.6. The van der Waals surface area contributed by atoms with Crippen LogP contribution in [0.25, 0.3) is 11.2 Å². The van der Waals surface area contributed by atoms with E-state index >= 15 is 0 Å². The zero-order valence-corrected chi connectivity index (χ0v) is 21.6. The number of rotatable bonds is 7. The summed E-state index contributed by atoms with van der Waals surface area (Å²) in [7, 11) is 2.16. The largest absolute Gasteiger partial charge is 0.369 e. The number of fused-ring (bicyclic) bond motifs is 1. The molecular weight excluding hydrogens is 482 g/mol. The molecule has 1 atom stereocenters. The minimum Gasteiger partial charge on any atom is -0.369 e. The van der Waals surface area contributed by atoms with Crippen molar-refractivity contribution in [2.75, 3.05) is 48.8 Å². The van der Waals surface area contributed by atoms with Crippen LogP contribution in [-0.4, -0.2) is 68.6 Å². The average molecular weight is 516 g/mol. The van der Waals surface area contributed by atoms with Crippen LogP contribution >= 0.6 is 0 Å². The molecule has 11 heteroatoms. The van der Waals surface area contributed by atoms with Gasteiger partial charge in [-0.05, 0) is 44.2 Å². The molecule has 3 heterocycles. The molecule has 1 saturated carbocycles. The molecule has 198 valence electrons. The quantitative estimate of drug-likeness (QED) is 0.350. The van der Waals surface area contributed by atoms with Gasteiger partial charge in [-0.15, -0.1) is 0 Å². The van der Waals surface area contributed by atoms with E-state index in [4.69, 9.17) is 9.97 Å². The monoisotopic (exact) mass is 515 g/mol. The van der Waals surface area contributed by atoms with Crippen molar-refractivity contribution in [2.24, 2.45) is 0 Å². The molecular formula is C27H33N9O2. The van der Waals surface area contributed by atoms with Crippen molar-refractivity contribution >= 4 is 34.4 Å². The van der Waals surface area contributed by atoms with E-state index in [1.807, 2.05) is 6.08 Å². The highest BCUT2D eigenvalue weighted by molar-refractivity contribution is 5.76. The number of nitrogens with one attached hydrogen (secondary N) is 2. The number of nitro groups is 1. The first-order valence-electron chi connectivity index (χ1n) is 13.4. The van der Waals surface area contributed by atoms with Crippen molar-refractivity contribution in [3.63, 3.8) is 0 Å². The Labute approximate surface area is 221 Å². The number of benzene rings is 1. The average Bonchev–Trinajstić information content (AvgIpc) is 3.57. The molecule has 2 N–H and O–H groups in total. The lowest BCUT2D eigenvalue weighted by Crippen LogP contribution is -2.44. The molecule has 0 amide bonds. The number of allylic oxidation sites excluding steroid dienone is 2. The Hall–Kier alpha value is -3.99. The third-order valence-corrected chi connectivity index (χ3v) is 7.72. The van der Waals surface area contributed by atoms with Gasteiger partial charge in [-0.2, -0.15) is 4.98 Å². The molecule has 6 rings (SSSR count). The summed E-state index contributed by atoms with van der Waals surface area (Å²) in [5.74, 6) is 1.21. The number of anilines is 4. The van der Waals surface area contributed by atoms with E-state index in [-0.39, 0.29) is 22.7 Å². The summed E-state index contributed by atoms with van der Waals surface area (Å²) >= 11 is 0. The summed E-state index contributed by atoms with van der Waals surface area (Å²) < 4.78 is 2.17. The number of likely N-dealkylation sites (N-methyl/N-ethyl adjacent to an activating group) is 1. The fourth-order valence-corrected chi connectivity index (χ4v) is 5.57. The topological polar surface area (TPSA) is 117 Å². The van der Waals surface area contributed by atoms with E-state index in [0.717, 1.165) is 63.2 Å². The predicted octanol–water partition coefficient (Wildman–Crippen LogP) is 4.34. The van der Waals surface area contributed by atoms with Gasteiger partial charge < -0.3 is 20.4 Å². The van der Waals surface area contributed by atoms with Crippen molar-refractivity contribution in [3.05, 3.63) is 64.5 Å². The number of aromatic nitrogens is 4. The van der Waals surface area contributed by atoms with Gasteiger partial charge in [0.2, 0.25) is 17.6 Å². The van der Waals surface area contributed by atoms with Crippen molar-refractivity contribution in [1.29, 1.82) is 0 Å². The summed E-state index contributed by atoms with van der Waals surface area (Å²) in [5.41, 5.74) is 3.83. The first-order valence-corrected chi connectivity index (χ1v) is 13.4. The van der Waals surface area contributed by atoms with Gasteiger partial charge in [-0.3, -0.25) is 14.7 Å². The maximum atomic E-state index is 11.3. The van der Waals surface area contributed by atoms with Crippen LogP contribution in [0.1, 0.15) is 38.1 Å². The van der Waals surface area contributed by atoms with Crippen LogP contribution in [0, 0.1) is 10.1 Å². The smallest absolute Gasteiger partial charge is 0.248 e. The van der Waals surface area contributed by atoms with E-state index < -0.39 is 0 Å². The maximum Gasteiger partial charge on any atom is 0.248 e. The highest BCUT2D eigenvalue weighted by atomic mass is 16.6. The lowest BCUT2D eigenvalue weighted by Gasteiger charge is -2.34. The highest BCUT2D eigenvalue weighted by Gasteiger charge is 2.27. The molecule has 2 aromatic heterocycles. The van der Waals surface area contributed by atoms with Crippen LogP contribution in [0.15, 0.2) is 54.4 Å². The van der Waals surface area contributed by atoms with Gasteiger partial charge >= 0.3 is 0 Å². The second-order valence-electron chi connectivity index (χ2n) is 10.4. The second kappa shape index (κ2) is 10.4. The fourth-order valence-electron chi connectivity index (χ4n) is 5.57. The summed E-state index contributed by atoms with van der Waals surface area (Å²) in [4.78, 5) is 29.9. The molecule has 1 saturated heterocycles. The Morgan fingerprint density at radius 3 is 2.55 bits per heavy atom. The van der Waals surface area contributed by atoms with E-state index in [9.17, 15) is 10.1 Å². The molecule has 1 aromatic carbocycles. The zero-order chi connectivity index (χ0) is 26.1. The summed E-state index contributed by atoms with van der Waals surface area (Å²) in [6, 6.07) is 8.49. The SMILES string of the molecule is CN1CCN(c2ccc(Nc3ncc4nc(NC5C=CC=C([N+](=O)[O-])C5)n(C5CCCC5)c4n3)cc2)CC1. The molecule has 0 spiro atoms. The van der Waals surface area contributed by atoms with Crippen molar-refractivity contribution in [1.82, 2.24) is 24.4 Å². The third-order valence-electron chi connectivity index (χ3n) is 7.72. The molecule has 3 aromatic rings. The lowest BCUT2D eigenvalue weighted by atomic mass is 10.1. The Morgan fingerprint density at radius 1 is 1.05 bits per heavy atom. The number of hydrogen-bond acceptors (Lipinski definition) is 9. The van der Waals surface area contributed by atoms with Gasteiger partial charge in [-0.1, -0.05) is 25.0 Å². The van der Waals surface area contributed by atoms with Crippen molar-refractivity contribution < 1.29 is 4.92 Å². The minimum atomic E-state index is -0.320. The third kappa shape index (κ3) is 5.06. The Bertz CT molecular complexity index is 1370. The van der Waals surface area contributed by atoms with Gasteiger partial charge in [0.25, 0.3) is 0 Å². The van der Waals surface area contributed by atoms with E-state index in [0.29, 0.717) is 23.8 Å². The first-order chi connectivity index (χ1) is 18.5. The molecule has 1 aliphatic heterocycles. The highest BCUT2D eigenvalue weighted by Crippen LogP contribution is 2.35. The second-order valence-corrected chi connectivity index (χ2v) is 10.4. The van der Waals surface area contributed by atoms with E-state index in [2.05, 4.69) is 61.3 Å². The molecule has 1 unspecified atom stereocenters. The maximum absolute atomic E-state index is 11.3. The molecule has 38 heavy (non-hydrogen) atoms. The molecule has 0 bridgehead atoms. The van der Waals surface area contributed by atoms with Crippen LogP contribution in [0.4, 0.5) is 23.3 Å². The Morgan fingerprint density at radius 2 is 1.82 bits per heavy atom. The first kappa shape index (κ1) is 24.4. The Balaban J connectivity index is 1.24. The number of piperazine rings is 1. The molecule has 0 radical (unpaired) electrons. The van der Waals surface area contributed by atoms with Gasteiger partial charge in [0, 0.05) is 49.7 Å². The standard InChI is InChI=1S/C27H33N9O2/c1-33-13-15-34(16-14-33)21-11-9-19(10-12-21)29-26-28-18-24-25(32-26)35(22-6-2-3-7-22)27(31-24)30-20-5-4-8-23(17-20)36(37)38/h4-5,8-12,18,20,22H,2-3,6-7,13-17H2,1H3,(H,30,31)(H,28,29,32).